The van der Waals surface area contributed by atoms with Crippen LogP contribution in [0.2, 0.25) is 0 Å². The molecule has 4 heteroatoms. The fourth-order valence-corrected chi connectivity index (χ4v) is 2.80. The number of hydrogen-bond acceptors (Lipinski definition) is 3. The minimum atomic E-state index is 0.146. The first kappa shape index (κ1) is 11.6. The van der Waals surface area contributed by atoms with E-state index in [0.717, 1.165) is 19.5 Å². The SMILES string of the molecule is CCCn1nncc1C1(CCC)CCCN1. The van der Waals surface area contributed by atoms with E-state index in [2.05, 4.69) is 34.2 Å². The molecule has 0 amide bonds. The summed E-state index contributed by atoms with van der Waals surface area (Å²) in [4.78, 5) is 0. The summed E-state index contributed by atoms with van der Waals surface area (Å²) >= 11 is 0. The lowest BCUT2D eigenvalue weighted by Gasteiger charge is -2.29. The Balaban J connectivity index is 2.27. The van der Waals surface area contributed by atoms with Gasteiger partial charge in [0.25, 0.3) is 0 Å². The van der Waals surface area contributed by atoms with E-state index >= 15 is 0 Å². The summed E-state index contributed by atoms with van der Waals surface area (Å²) in [7, 11) is 0. The van der Waals surface area contributed by atoms with Crippen molar-refractivity contribution in [3.8, 4) is 0 Å². The lowest BCUT2D eigenvalue weighted by Crippen LogP contribution is -2.38. The molecule has 2 rings (SSSR count). The van der Waals surface area contributed by atoms with Gasteiger partial charge in [0.2, 0.25) is 0 Å². The highest BCUT2D eigenvalue weighted by Gasteiger charge is 2.37. The molecule has 1 atom stereocenters. The maximum absolute atomic E-state index is 4.20. The van der Waals surface area contributed by atoms with E-state index in [9.17, 15) is 0 Å². The average Bonchev–Trinajstić information content (AvgIpc) is 2.88. The van der Waals surface area contributed by atoms with Crippen molar-refractivity contribution in [2.24, 2.45) is 0 Å². The van der Waals surface area contributed by atoms with Gasteiger partial charge in [0.15, 0.2) is 0 Å². The van der Waals surface area contributed by atoms with Crippen molar-refractivity contribution < 1.29 is 0 Å². The first-order valence-electron chi connectivity index (χ1n) is 6.46. The molecule has 0 aromatic carbocycles. The highest BCUT2D eigenvalue weighted by atomic mass is 15.4. The van der Waals surface area contributed by atoms with Crippen molar-refractivity contribution in [3.05, 3.63) is 11.9 Å². The molecule has 1 aromatic rings. The zero-order chi connectivity index (χ0) is 11.4. The van der Waals surface area contributed by atoms with Crippen LogP contribution < -0.4 is 5.32 Å². The Labute approximate surface area is 97.4 Å². The minimum absolute atomic E-state index is 0.146. The lowest BCUT2D eigenvalue weighted by atomic mass is 9.88. The van der Waals surface area contributed by atoms with Gasteiger partial charge in [-0.25, -0.2) is 4.68 Å². The van der Waals surface area contributed by atoms with Crippen LogP contribution in [-0.2, 0) is 12.1 Å². The zero-order valence-electron chi connectivity index (χ0n) is 10.4. The van der Waals surface area contributed by atoms with Crippen molar-refractivity contribution in [1.29, 1.82) is 0 Å². The van der Waals surface area contributed by atoms with Gasteiger partial charge >= 0.3 is 0 Å². The fourth-order valence-electron chi connectivity index (χ4n) is 2.80. The van der Waals surface area contributed by atoms with Crippen LogP contribution in [0.3, 0.4) is 0 Å². The smallest absolute Gasteiger partial charge is 0.0787 e. The quantitative estimate of drug-likeness (QED) is 0.829. The van der Waals surface area contributed by atoms with Crippen LogP contribution in [0.5, 0.6) is 0 Å². The Bertz CT molecular complexity index is 326. The molecule has 1 N–H and O–H groups in total. The molecule has 0 saturated carbocycles. The van der Waals surface area contributed by atoms with Gasteiger partial charge in [-0.2, -0.15) is 0 Å². The molecule has 16 heavy (non-hydrogen) atoms. The van der Waals surface area contributed by atoms with Crippen molar-refractivity contribution in [1.82, 2.24) is 20.3 Å². The minimum Gasteiger partial charge on any atom is -0.306 e. The Hall–Kier alpha value is -0.900. The van der Waals surface area contributed by atoms with Crippen LogP contribution in [-0.4, -0.2) is 21.5 Å². The molecule has 0 bridgehead atoms. The summed E-state index contributed by atoms with van der Waals surface area (Å²) in [6, 6.07) is 0. The normalized spacial score (nSPS) is 25.1. The van der Waals surface area contributed by atoms with Gasteiger partial charge < -0.3 is 5.32 Å². The fraction of sp³-hybridized carbons (Fsp3) is 0.833. The lowest BCUT2D eigenvalue weighted by molar-refractivity contribution is 0.323. The van der Waals surface area contributed by atoms with Crippen LogP contribution in [0.25, 0.3) is 0 Å². The third-order valence-corrected chi connectivity index (χ3v) is 3.46. The molecule has 1 aliphatic heterocycles. The topological polar surface area (TPSA) is 42.7 Å². The highest BCUT2D eigenvalue weighted by Crippen LogP contribution is 2.34. The van der Waals surface area contributed by atoms with E-state index in [4.69, 9.17) is 0 Å². The highest BCUT2D eigenvalue weighted by molar-refractivity contribution is 5.14. The van der Waals surface area contributed by atoms with Crippen LogP contribution >= 0.6 is 0 Å². The van der Waals surface area contributed by atoms with Crippen molar-refractivity contribution in [2.75, 3.05) is 6.54 Å². The predicted octanol–water partition coefficient (Wildman–Crippen LogP) is 2.07. The van der Waals surface area contributed by atoms with Crippen molar-refractivity contribution >= 4 is 0 Å². The summed E-state index contributed by atoms with van der Waals surface area (Å²) in [5.74, 6) is 0. The zero-order valence-corrected chi connectivity index (χ0v) is 10.4. The van der Waals surface area contributed by atoms with Crippen molar-refractivity contribution in [3.63, 3.8) is 0 Å². The number of hydrogen-bond donors (Lipinski definition) is 1. The van der Waals surface area contributed by atoms with Crippen molar-refractivity contribution in [2.45, 2.75) is 58.0 Å². The molecule has 1 aliphatic rings. The predicted molar refractivity (Wildman–Crippen MR) is 64.1 cm³/mol. The van der Waals surface area contributed by atoms with E-state index in [-0.39, 0.29) is 5.54 Å². The number of nitrogens with one attached hydrogen (secondary N) is 1. The molecule has 0 spiro atoms. The number of aryl methyl sites for hydroxylation is 1. The Morgan fingerprint density at radius 2 is 2.31 bits per heavy atom. The second-order valence-electron chi connectivity index (χ2n) is 4.70. The van der Waals surface area contributed by atoms with E-state index < -0.39 is 0 Å². The van der Waals surface area contributed by atoms with Gasteiger partial charge in [0, 0.05) is 6.54 Å². The molecule has 90 valence electrons. The Morgan fingerprint density at radius 1 is 1.44 bits per heavy atom. The van der Waals surface area contributed by atoms with Gasteiger partial charge in [-0.1, -0.05) is 25.5 Å². The summed E-state index contributed by atoms with van der Waals surface area (Å²) < 4.78 is 2.08. The molecule has 0 aliphatic carbocycles. The Morgan fingerprint density at radius 3 is 2.94 bits per heavy atom. The number of rotatable bonds is 5. The first-order valence-corrected chi connectivity index (χ1v) is 6.46. The van der Waals surface area contributed by atoms with E-state index in [1.807, 2.05) is 6.20 Å². The average molecular weight is 222 g/mol. The molecular weight excluding hydrogens is 200 g/mol. The third-order valence-electron chi connectivity index (χ3n) is 3.46. The first-order chi connectivity index (χ1) is 7.82. The molecule has 1 fully saturated rings. The number of nitrogens with zero attached hydrogens (tertiary/aromatic N) is 3. The maximum Gasteiger partial charge on any atom is 0.0787 e. The summed E-state index contributed by atoms with van der Waals surface area (Å²) in [5, 5.41) is 12.0. The second kappa shape index (κ2) is 4.95. The van der Waals surface area contributed by atoms with Crippen LogP contribution in [0.15, 0.2) is 6.20 Å². The monoisotopic (exact) mass is 222 g/mol. The van der Waals surface area contributed by atoms with E-state index in [1.165, 1.54) is 31.4 Å². The molecule has 1 aromatic heterocycles. The molecule has 2 heterocycles. The van der Waals surface area contributed by atoms with Gasteiger partial charge in [0.1, 0.15) is 0 Å². The third kappa shape index (κ3) is 1.98. The standard InChI is InChI=1S/C12H22N4/c1-3-6-12(7-5-8-13-12)11-10-14-15-16(11)9-4-2/h10,13H,3-9H2,1-2H3. The summed E-state index contributed by atoms with van der Waals surface area (Å²) in [6.45, 7) is 6.52. The summed E-state index contributed by atoms with van der Waals surface area (Å²) in [6.07, 6.45) is 7.92. The number of aromatic nitrogens is 3. The van der Waals surface area contributed by atoms with Gasteiger partial charge in [-0.3, -0.25) is 0 Å². The second-order valence-corrected chi connectivity index (χ2v) is 4.70. The molecule has 4 nitrogen and oxygen atoms in total. The molecule has 1 saturated heterocycles. The van der Waals surface area contributed by atoms with Crippen LogP contribution in [0, 0.1) is 0 Å². The van der Waals surface area contributed by atoms with E-state index in [1.54, 1.807) is 0 Å². The van der Waals surface area contributed by atoms with Gasteiger partial charge in [0.05, 0.1) is 17.4 Å². The maximum atomic E-state index is 4.20. The molecule has 1 unspecified atom stereocenters. The summed E-state index contributed by atoms with van der Waals surface area (Å²) in [5.41, 5.74) is 1.43. The molecular formula is C12H22N4. The Kier molecular flexibility index (Phi) is 3.59. The molecule has 0 radical (unpaired) electrons. The largest absolute Gasteiger partial charge is 0.306 e. The van der Waals surface area contributed by atoms with E-state index in [0.29, 0.717) is 0 Å². The van der Waals surface area contributed by atoms with Crippen LogP contribution in [0.4, 0.5) is 0 Å². The van der Waals surface area contributed by atoms with Crippen LogP contribution in [0.1, 0.15) is 51.6 Å². The van der Waals surface area contributed by atoms with Gasteiger partial charge in [-0.05, 0) is 32.2 Å². The van der Waals surface area contributed by atoms with Gasteiger partial charge in [-0.15, -0.1) is 5.10 Å².